The van der Waals surface area contributed by atoms with E-state index >= 15 is 0 Å². The van der Waals surface area contributed by atoms with Crippen LogP contribution in [0.25, 0.3) is 0 Å². The fraction of sp³-hybridized carbons (Fsp3) is 0.389. The minimum atomic E-state index is -1.09. The van der Waals surface area contributed by atoms with Gasteiger partial charge in [-0.25, -0.2) is 4.79 Å². The van der Waals surface area contributed by atoms with E-state index in [1.807, 2.05) is 13.0 Å². The van der Waals surface area contributed by atoms with Crippen LogP contribution < -0.4 is 16.6 Å². The average molecular weight is 342 g/mol. The number of nitrogens with two attached hydrogens (primary N) is 1. The summed E-state index contributed by atoms with van der Waals surface area (Å²) in [5.74, 6) is 0.216. The summed E-state index contributed by atoms with van der Waals surface area (Å²) in [6.07, 6.45) is 5.35. The van der Waals surface area contributed by atoms with E-state index in [-0.39, 0.29) is 29.5 Å². The van der Waals surface area contributed by atoms with Gasteiger partial charge < -0.3 is 20.7 Å². The van der Waals surface area contributed by atoms with Crippen molar-refractivity contribution in [3.63, 3.8) is 0 Å². The topological polar surface area (TPSA) is 110 Å². The van der Waals surface area contributed by atoms with Crippen molar-refractivity contribution in [2.75, 3.05) is 5.73 Å². The quantitative estimate of drug-likeness (QED) is 0.792. The van der Waals surface area contributed by atoms with Crippen LogP contribution in [0.4, 0.5) is 10.5 Å². The van der Waals surface area contributed by atoms with Gasteiger partial charge in [-0.2, -0.15) is 0 Å². The molecule has 1 saturated carbocycles. The van der Waals surface area contributed by atoms with Crippen LogP contribution in [-0.2, 0) is 0 Å². The number of carbonyl (C=O) groups is 1. The maximum atomic E-state index is 12.3. The maximum Gasteiger partial charge on any atom is 0.404 e. The predicted molar refractivity (Wildman–Crippen MR) is 94.5 cm³/mol. The molecular formula is C18H22N4O3. The maximum absolute atomic E-state index is 12.3. The van der Waals surface area contributed by atoms with E-state index in [1.54, 1.807) is 35.3 Å². The number of anilines is 1. The minimum Gasteiger partial charge on any atom is -0.465 e. The van der Waals surface area contributed by atoms with Gasteiger partial charge in [-0.3, -0.25) is 9.78 Å². The van der Waals surface area contributed by atoms with Crippen LogP contribution in [0, 0.1) is 5.92 Å². The number of hydrogen-bond acceptors (Lipinski definition) is 4. The van der Waals surface area contributed by atoms with E-state index in [9.17, 15) is 14.7 Å². The Balaban J connectivity index is 1.96. The van der Waals surface area contributed by atoms with Crippen molar-refractivity contribution in [1.29, 1.82) is 0 Å². The first-order valence-electron chi connectivity index (χ1n) is 8.33. The minimum absolute atomic E-state index is 0.100. The number of pyridine rings is 2. The molecule has 3 rings (SSSR count). The number of aromatic nitrogens is 2. The van der Waals surface area contributed by atoms with Crippen molar-refractivity contribution in [3.05, 3.63) is 58.8 Å². The highest BCUT2D eigenvalue weighted by molar-refractivity contribution is 5.65. The summed E-state index contributed by atoms with van der Waals surface area (Å²) in [4.78, 5) is 27.6. The molecule has 2 heterocycles. The number of nitrogens with one attached hydrogen (secondary N) is 1. The van der Waals surface area contributed by atoms with Gasteiger partial charge in [-0.1, -0.05) is 13.0 Å². The standard InChI is InChI=1S/C18H22N4O3/c1-11-8-12(13-5-6-20-10-14(13)19)9-15(21-18(24)25)17(11)22-7-3-2-4-16(22)23/h2-7,10-12,15,17,21H,8-9,19H2,1H3,(H,24,25)/t11-,12+,15+,17-/m1/s1. The number of nitrogens with zero attached hydrogens (tertiary/aromatic N) is 2. The Morgan fingerprint density at radius 2 is 2.16 bits per heavy atom. The molecule has 0 spiro atoms. The molecule has 2 aromatic heterocycles. The molecule has 0 aliphatic heterocycles. The number of hydrogen-bond donors (Lipinski definition) is 3. The Bertz CT molecular complexity index is 820. The van der Waals surface area contributed by atoms with E-state index in [0.29, 0.717) is 12.1 Å². The first-order chi connectivity index (χ1) is 12.0. The highest BCUT2D eigenvalue weighted by Gasteiger charge is 2.38. The zero-order valence-electron chi connectivity index (χ0n) is 14.0. The Kier molecular flexibility index (Phi) is 4.74. The lowest BCUT2D eigenvalue weighted by molar-refractivity contribution is 0.149. The van der Waals surface area contributed by atoms with Crippen molar-refractivity contribution in [3.8, 4) is 0 Å². The molecule has 1 aliphatic rings. The first kappa shape index (κ1) is 17.0. The number of rotatable bonds is 3. The highest BCUT2D eigenvalue weighted by atomic mass is 16.4. The molecule has 1 fully saturated rings. The van der Waals surface area contributed by atoms with Crippen LogP contribution in [0.1, 0.15) is 37.3 Å². The van der Waals surface area contributed by atoms with Gasteiger partial charge in [-0.05, 0) is 42.4 Å². The first-order valence-corrected chi connectivity index (χ1v) is 8.33. The van der Waals surface area contributed by atoms with Crippen molar-refractivity contribution >= 4 is 11.8 Å². The lowest BCUT2D eigenvalue weighted by Crippen LogP contribution is -2.49. The largest absolute Gasteiger partial charge is 0.465 e. The summed E-state index contributed by atoms with van der Waals surface area (Å²) in [5, 5.41) is 11.9. The number of carboxylic acid groups (broad SMARTS) is 1. The summed E-state index contributed by atoms with van der Waals surface area (Å²) >= 11 is 0. The lowest BCUT2D eigenvalue weighted by atomic mass is 9.73. The summed E-state index contributed by atoms with van der Waals surface area (Å²) in [7, 11) is 0. The molecule has 2 aromatic rings. The second-order valence-electron chi connectivity index (χ2n) is 6.64. The van der Waals surface area contributed by atoms with Gasteiger partial charge in [0.05, 0.1) is 24.0 Å². The zero-order valence-corrected chi connectivity index (χ0v) is 14.0. The zero-order chi connectivity index (χ0) is 18.0. The normalized spacial score (nSPS) is 26.1. The van der Waals surface area contributed by atoms with Gasteiger partial charge in [-0.15, -0.1) is 0 Å². The molecule has 0 saturated heterocycles. The Hall–Kier alpha value is -2.83. The molecule has 7 nitrogen and oxygen atoms in total. The molecular weight excluding hydrogens is 320 g/mol. The smallest absolute Gasteiger partial charge is 0.404 e. The van der Waals surface area contributed by atoms with E-state index in [2.05, 4.69) is 10.3 Å². The van der Waals surface area contributed by atoms with Gasteiger partial charge in [0, 0.05) is 18.5 Å². The molecule has 1 amide bonds. The lowest BCUT2D eigenvalue weighted by Gasteiger charge is -2.41. The highest BCUT2D eigenvalue weighted by Crippen LogP contribution is 2.42. The Morgan fingerprint density at radius 1 is 1.36 bits per heavy atom. The molecule has 0 aromatic carbocycles. The fourth-order valence-electron chi connectivity index (χ4n) is 4.03. The summed E-state index contributed by atoms with van der Waals surface area (Å²) in [5.41, 5.74) is 7.53. The molecule has 0 unspecified atom stereocenters. The summed E-state index contributed by atoms with van der Waals surface area (Å²) in [6, 6.07) is 6.26. The van der Waals surface area contributed by atoms with Gasteiger partial charge in [0.15, 0.2) is 0 Å². The van der Waals surface area contributed by atoms with Gasteiger partial charge in [0.2, 0.25) is 0 Å². The van der Waals surface area contributed by atoms with Gasteiger partial charge in [0.25, 0.3) is 5.56 Å². The second kappa shape index (κ2) is 6.96. The number of amides is 1. The third-order valence-corrected chi connectivity index (χ3v) is 5.00. The molecule has 4 atom stereocenters. The van der Waals surface area contributed by atoms with Crippen LogP contribution in [0.15, 0.2) is 47.7 Å². The molecule has 0 bridgehead atoms. The van der Waals surface area contributed by atoms with E-state index < -0.39 is 6.09 Å². The molecule has 0 radical (unpaired) electrons. The van der Waals surface area contributed by atoms with Crippen LogP contribution in [0.5, 0.6) is 0 Å². The summed E-state index contributed by atoms with van der Waals surface area (Å²) < 4.78 is 1.64. The fourth-order valence-corrected chi connectivity index (χ4v) is 4.03. The SMILES string of the molecule is C[C@@H]1C[C@H](c2ccncc2N)C[C@H](NC(=O)O)[C@@H]1n1ccccc1=O. The van der Waals surface area contributed by atoms with Crippen LogP contribution in [0.2, 0.25) is 0 Å². The van der Waals surface area contributed by atoms with Crippen molar-refractivity contribution < 1.29 is 9.90 Å². The van der Waals surface area contributed by atoms with E-state index in [4.69, 9.17) is 5.73 Å². The van der Waals surface area contributed by atoms with Crippen LogP contribution in [-0.4, -0.2) is 26.8 Å². The third kappa shape index (κ3) is 3.50. The molecule has 4 N–H and O–H groups in total. The molecule has 25 heavy (non-hydrogen) atoms. The number of nitrogen functional groups attached to an aromatic ring is 1. The second-order valence-corrected chi connectivity index (χ2v) is 6.64. The van der Waals surface area contributed by atoms with E-state index in [1.165, 1.54) is 6.07 Å². The Morgan fingerprint density at radius 3 is 2.84 bits per heavy atom. The summed E-state index contributed by atoms with van der Waals surface area (Å²) in [6.45, 7) is 2.05. The van der Waals surface area contributed by atoms with Gasteiger partial charge >= 0.3 is 6.09 Å². The van der Waals surface area contributed by atoms with E-state index in [0.717, 1.165) is 12.0 Å². The van der Waals surface area contributed by atoms with Crippen molar-refractivity contribution in [2.45, 2.75) is 37.8 Å². The third-order valence-electron chi connectivity index (χ3n) is 5.00. The Labute approximate surface area is 145 Å². The monoisotopic (exact) mass is 342 g/mol. The van der Waals surface area contributed by atoms with Crippen molar-refractivity contribution in [2.24, 2.45) is 5.92 Å². The average Bonchev–Trinajstić information content (AvgIpc) is 2.55. The predicted octanol–water partition coefficient (Wildman–Crippen LogP) is 2.22. The van der Waals surface area contributed by atoms with Crippen LogP contribution in [0.3, 0.4) is 0 Å². The van der Waals surface area contributed by atoms with Crippen LogP contribution >= 0.6 is 0 Å². The molecule has 7 heteroatoms. The molecule has 1 aliphatic carbocycles. The van der Waals surface area contributed by atoms with Crippen molar-refractivity contribution in [1.82, 2.24) is 14.9 Å². The molecule has 132 valence electrons. The van der Waals surface area contributed by atoms with Gasteiger partial charge in [0.1, 0.15) is 0 Å².